The van der Waals surface area contributed by atoms with Crippen LogP contribution in [0.2, 0.25) is 0 Å². The van der Waals surface area contributed by atoms with Crippen LogP contribution in [0, 0.1) is 18.3 Å². The Morgan fingerprint density at radius 3 is 2.82 bits per heavy atom. The van der Waals surface area contributed by atoms with Crippen LogP contribution in [-0.2, 0) is 4.74 Å². The number of anilines is 1. The first-order chi connectivity index (χ1) is 8.21. The van der Waals surface area contributed by atoms with Crippen LogP contribution in [0.4, 0.5) is 5.69 Å². The number of aryl methyl sites for hydroxylation is 1. The summed E-state index contributed by atoms with van der Waals surface area (Å²) in [6, 6.07) is 8.36. The largest absolute Gasteiger partial charge is 0.383 e. The fraction of sp³-hybridized carbons (Fsp3) is 0.500. The first-order valence-electron chi connectivity index (χ1n) is 5.97. The zero-order chi connectivity index (χ0) is 12.7. The molecule has 3 heteroatoms. The number of hydrogen-bond donors (Lipinski definition) is 1. The van der Waals surface area contributed by atoms with Crippen molar-refractivity contribution >= 4 is 5.69 Å². The van der Waals surface area contributed by atoms with Gasteiger partial charge in [0.2, 0.25) is 0 Å². The molecule has 1 unspecified atom stereocenters. The molecule has 0 amide bonds. The molecule has 0 saturated heterocycles. The predicted molar refractivity (Wildman–Crippen MR) is 70.1 cm³/mol. The van der Waals surface area contributed by atoms with E-state index in [9.17, 15) is 0 Å². The topological polar surface area (TPSA) is 45.0 Å². The Balaban J connectivity index is 2.81. The average Bonchev–Trinajstić information content (AvgIpc) is 2.32. The van der Waals surface area contributed by atoms with E-state index in [1.165, 1.54) is 0 Å². The molecule has 0 radical (unpaired) electrons. The van der Waals surface area contributed by atoms with Gasteiger partial charge in [0.05, 0.1) is 17.9 Å². The molecule has 0 bridgehead atoms. The molecule has 1 aromatic carbocycles. The number of rotatable bonds is 6. The van der Waals surface area contributed by atoms with Crippen molar-refractivity contribution in [3.63, 3.8) is 0 Å². The van der Waals surface area contributed by atoms with Gasteiger partial charge in [-0.2, -0.15) is 5.26 Å². The van der Waals surface area contributed by atoms with E-state index in [0.29, 0.717) is 12.2 Å². The third-order valence-corrected chi connectivity index (χ3v) is 2.66. The van der Waals surface area contributed by atoms with Gasteiger partial charge in [-0.25, -0.2) is 0 Å². The average molecular weight is 232 g/mol. The van der Waals surface area contributed by atoms with Gasteiger partial charge in [0.1, 0.15) is 6.07 Å². The molecule has 0 aromatic heterocycles. The number of hydrogen-bond acceptors (Lipinski definition) is 3. The summed E-state index contributed by atoms with van der Waals surface area (Å²) in [7, 11) is 1.70. The van der Waals surface area contributed by atoms with E-state index >= 15 is 0 Å². The van der Waals surface area contributed by atoms with Gasteiger partial charge in [-0.05, 0) is 31.0 Å². The first kappa shape index (κ1) is 13.5. The van der Waals surface area contributed by atoms with Crippen molar-refractivity contribution in [3.05, 3.63) is 29.3 Å². The lowest BCUT2D eigenvalue weighted by atomic mass is 10.1. The molecule has 92 valence electrons. The second kappa shape index (κ2) is 6.93. The highest BCUT2D eigenvalue weighted by atomic mass is 16.5. The highest BCUT2D eigenvalue weighted by Crippen LogP contribution is 2.18. The van der Waals surface area contributed by atoms with Crippen molar-refractivity contribution in [2.75, 3.05) is 19.0 Å². The summed E-state index contributed by atoms with van der Waals surface area (Å²) < 4.78 is 5.18. The van der Waals surface area contributed by atoms with E-state index in [1.807, 2.05) is 25.1 Å². The van der Waals surface area contributed by atoms with E-state index in [0.717, 1.165) is 24.1 Å². The van der Waals surface area contributed by atoms with Crippen molar-refractivity contribution in [2.45, 2.75) is 32.7 Å². The zero-order valence-corrected chi connectivity index (χ0v) is 10.8. The van der Waals surface area contributed by atoms with Crippen molar-refractivity contribution < 1.29 is 4.74 Å². The molecular weight excluding hydrogens is 212 g/mol. The molecule has 0 aliphatic heterocycles. The minimum Gasteiger partial charge on any atom is -0.383 e. The van der Waals surface area contributed by atoms with Gasteiger partial charge in [0, 0.05) is 13.2 Å². The van der Waals surface area contributed by atoms with Crippen LogP contribution in [0.25, 0.3) is 0 Å². The lowest BCUT2D eigenvalue weighted by Gasteiger charge is -2.19. The van der Waals surface area contributed by atoms with E-state index in [2.05, 4.69) is 18.3 Å². The van der Waals surface area contributed by atoms with Crippen molar-refractivity contribution in [1.82, 2.24) is 0 Å². The molecule has 1 aromatic rings. The third-order valence-electron chi connectivity index (χ3n) is 2.66. The van der Waals surface area contributed by atoms with E-state index in [-0.39, 0.29) is 6.04 Å². The van der Waals surface area contributed by atoms with Gasteiger partial charge in [-0.3, -0.25) is 0 Å². The van der Waals surface area contributed by atoms with Crippen molar-refractivity contribution in [3.8, 4) is 6.07 Å². The third kappa shape index (κ3) is 4.08. The normalized spacial score (nSPS) is 11.9. The van der Waals surface area contributed by atoms with Gasteiger partial charge in [-0.15, -0.1) is 0 Å². The monoisotopic (exact) mass is 232 g/mol. The van der Waals surface area contributed by atoms with Crippen LogP contribution in [0.1, 0.15) is 30.9 Å². The van der Waals surface area contributed by atoms with Crippen LogP contribution < -0.4 is 5.32 Å². The Kier molecular flexibility index (Phi) is 5.51. The van der Waals surface area contributed by atoms with Crippen molar-refractivity contribution in [2.24, 2.45) is 0 Å². The van der Waals surface area contributed by atoms with Gasteiger partial charge in [0.15, 0.2) is 0 Å². The minimum absolute atomic E-state index is 0.264. The molecule has 1 atom stereocenters. The highest BCUT2D eigenvalue weighted by Gasteiger charge is 2.09. The molecule has 17 heavy (non-hydrogen) atoms. The fourth-order valence-electron chi connectivity index (χ4n) is 1.84. The maximum atomic E-state index is 9.09. The van der Waals surface area contributed by atoms with Gasteiger partial charge < -0.3 is 10.1 Å². The van der Waals surface area contributed by atoms with Crippen LogP contribution in [-0.4, -0.2) is 19.8 Å². The number of nitriles is 1. The Morgan fingerprint density at radius 1 is 1.47 bits per heavy atom. The Morgan fingerprint density at radius 2 is 2.24 bits per heavy atom. The summed E-state index contributed by atoms with van der Waals surface area (Å²) in [5, 5.41) is 12.5. The summed E-state index contributed by atoms with van der Waals surface area (Å²) in [5.74, 6) is 0. The maximum absolute atomic E-state index is 9.09. The van der Waals surface area contributed by atoms with Crippen LogP contribution in [0.5, 0.6) is 0 Å². The lowest BCUT2D eigenvalue weighted by Crippen LogP contribution is -2.25. The van der Waals surface area contributed by atoms with Crippen LogP contribution in [0.3, 0.4) is 0 Å². The molecule has 0 saturated carbocycles. The highest BCUT2D eigenvalue weighted by molar-refractivity contribution is 5.59. The lowest BCUT2D eigenvalue weighted by molar-refractivity contribution is 0.182. The predicted octanol–water partition coefficient (Wildman–Crippen LogP) is 3.09. The molecule has 0 heterocycles. The van der Waals surface area contributed by atoms with Crippen LogP contribution >= 0.6 is 0 Å². The molecule has 0 aliphatic carbocycles. The van der Waals surface area contributed by atoms with Crippen LogP contribution in [0.15, 0.2) is 18.2 Å². The number of benzene rings is 1. The fourth-order valence-corrected chi connectivity index (χ4v) is 1.84. The van der Waals surface area contributed by atoms with Crippen molar-refractivity contribution in [1.29, 1.82) is 5.26 Å². The Labute approximate surface area is 103 Å². The molecule has 0 fully saturated rings. The maximum Gasteiger partial charge on any atom is 0.101 e. The molecule has 0 spiro atoms. The number of nitrogens with zero attached hydrogens (tertiary/aromatic N) is 1. The van der Waals surface area contributed by atoms with E-state index < -0.39 is 0 Å². The SMILES string of the molecule is CCCC(COC)Nc1ccc(C)cc1C#N. The molecule has 3 nitrogen and oxygen atoms in total. The molecule has 1 N–H and O–H groups in total. The van der Waals surface area contributed by atoms with E-state index in [1.54, 1.807) is 7.11 Å². The Bertz CT molecular complexity index is 390. The second-order valence-corrected chi connectivity index (χ2v) is 4.25. The van der Waals surface area contributed by atoms with Gasteiger partial charge >= 0.3 is 0 Å². The quantitative estimate of drug-likeness (QED) is 0.819. The number of ether oxygens (including phenoxy) is 1. The van der Waals surface area contributed by atoms with Gasteiger partial charge in [0.25, 0.3) is 0 Å². The summed E-state index contributed by atoms with van der Waals surface area (Å²) in [5.41, 5.74) is 2.70. The molecular formula is C14H20N2O. The summed E-state index contributed by atoms with van der Waals surface area (Å²) >= 11 is 0. The molecule has 0 aliphatic rings. The number of methoxy groups -OCH3 is 1. The number of nitrogens with one attached hydrogen (secondary N) is 1. The molecule has 1 rings (SSSR count). The Hall–Kier alpha value is -1.53. The van der Waals surface area contributed by atoms with Gasteiger partial charge in [-0.1, -0.05) is 19.4 Å². The second-order valence-electron chi connectivity index (χ2n) is 4.25. The minimum atomic E-state index is 0.264. The summed E-state index contributed by atoms with van der Waals surface area (Å²) in [4.78, 5) is 0. The standard InChI is InChI=1S/C14H20N2O/c1-4-5-13(10-17-3)16-14-7-6-11(2)8-12(14)9-15/h6-8,13,16H,4-5,10H2,1-3H3. The summed E-state index contributed by atoms with van der Waals surface area (Å²) in [6.07, 6.45) is 2.13. The van der Waals surface area contributed by atoms with E-state index in [4.69, 9.17) is 10.00 Å². The first-order valence-corrected chi connectivity index (χ1v) is 5.97. The zero-order valence-electron chi connectivity index (χ0n) is 10.8. The smallest absolute Gasteiger partial charge is 0.101 e. The summed E-state index contributed by atoms with van der Waals surface area (Å²) in [6.45, 7) is 4.79.